The number of carboxylic acid groups (broad SMARTS) is 1. The molecular formula is C28H21ClFNO4. The van der Waals surface area contributed by atoms with Crippen LogP contribution in [-0.2, 0) is 11.2 Å². The molecule has 4 aromatic carbocycles. The lowest BCUT2D eigenvalue weighted by Gasteiger charge is -2.16. The Hall–Kier alpha value is -4.16. The summed E-state index contributed by atoms with van der Waals surface area (Å²) in [7, 11) is 0. The molecule has 176 valence electrons. The van der Waals surface area contributed by atoms with Gasteiger partial charge in [0.15, 0.2) is 0 Å². The molecule has 0 spiro atoms. The van der Waals surface area contributed by atoms with E-state index < -0.39 is 23.7 Å². The number of rotatable bonds is 7. The summed E-state index contributed by atoms with van der Waals surface area (Å²) < 4.78 is 13.5. The molecule has 1 atom stereocenters. The Morgan fingerprint density at radius 1 is 0.829 bits per heavy atom. The summed E-state index contributed by atoms with van der Waals surface area (Å²) in [6.07, 6.45) is 0.0597. The average molecular weight is 490 g/mol. The minimum atomic E-state index is -1.21. The van der Waals surface area contributed by atoms with Gasteiger partial charge in [-0.2, -0.15) is 0 Å². The Balaban J connectivity index is 1.52. The summed E-state index contributed by atoms with van der Waals surface area (Å²) in [6, 6.07) is 24.4. The average Bonchev–Trinajstić information content (AvgIpc) is 2.86. The van der Waals surface area contributed by atoms with Crippen molar-refractivity contribution in [2.45, 2.75) is 12.5 Å². The predicted octanol–water partition coefficient (Wildman–Crippen LogP) is 5.94. The third-order valence-electron chi connectivity index (χ3n) is 5.60. The summed E-state index contributed by atoms with van der Waals surface area (Å²) in [5, 5.41) is 22.3. The standard InChI is InChI=1S/C28H21ClFNO4/c29-23-16-21(10-12-24(23)30)20-11-13-26(32)22(15-20)27(33)31-25(28(34)35)14-17-6-8-19(9-7-17)18-4-2-1-3-5-18/h1-13,15-16,25,32H,14H2,(H,31,33)(H,34,35)/t25-/m0/s1. The Morgan fingerprint density at radius 3 is 2.09 bits per heavy atom. The maximum Gasteiger partial charge on any atom is 0.326 e. The fourth-order valence-electron chi connectivity index (χ4n) is 3.71. The molecule has 4 rings (SSSR count). The van der Waals surface area contributed by atoms with Gasteiger partial charge in [-0.3, -0.25) is 4.79 Å². The number of carbonyl (C=O) groups is 2. The zero-order valence-electron chi connectivity index (χ0n) is 18.4. The number of hydrogen-bond donors (Lipinski definition) is 3. The number of phenolic OH excluding ortho intramolecular Hbond substituents is 1. The lowest BCUT2D eigenvalue weighted by Crippen LogP contribution is -2.42. The quantitative estimate of drug-likeness (QED) is 0.299. The summed E-state index contributed by atoms with van der Waals surface area (Å²) in [5.74, 6) is -2.83. The van der Waals surface area contributed by atoms with E-state index in [0.29, 0.717) is 11.1 Å². The van der Waals surface area contributed by atoms with E-state index >= 15 is 0 Å². The first-order chi connectivity index (χ1) is 16.8. The number of amides is 1. The van der Waals surface area contributed by atoms with Gasteiger partial charge in [0.05, 0.1) is 10.6 Å². The smallest absolute Gasteiger partial charge is 0.326 e. The number of hydrogen-bond acceptors (Lipinski definition) is 3. The fraction of sp³-hybridized carbons (Fsp3) is 0.0714. The van der Waals surface area contributed by atoms with E-state index in [1.54, 1.807) is 6.07 Å². The molecule has 3 N–H and O–H groups in total. The van der Waals surface area contributed by atoms with Crippen molar-refractivity contribution >= 4 is 23.5 Å². The van der Waals surface area contributed by atoms with Gasteiger partial charge in [0.25, 0.3) is 5.91 Å². The lowest BCUT2D eigenvalue weighted by atomic mass is 9.99. The summed E-state index contributed by atoms with van der Waals surface area (Å²) in [4.78, 5) is 24.8. The fourth-order valence-corrected chi connectivity index (χ4v) is 3.89. The van der Waals surface area contributed by atoms with Crippen LogP contribution in [0.1, 0.15) is 15.9 Å². The molecule has 1 amide bonds. The van der Waals surface area contributed by atoms with Gasteiger partial charge in [-0.25, -0.2) is 9.18 Å². The lowest BCUT2D eigenvalue weighted by molar-refractivity contribution is -0.139. The first-order valence-corrected chi connectivity index (χ1v) is 11.2. The largest absolute Gasteiger partial charge is 0.507 e. The number of aromatic hydroxyl groups is 1. The molecule has 7 heteroatoms. The number of carbonyl (C=O) groups excluding carboxylic acids is 1. The van der Waals surface area contributed by atoms with E-state index in [0.717, 1.165) is 16.7 Å². The second-order valence-corrected chi connectivity index (χ2v) is 8.40. The van der Waals surface area contributed by atoms with Crippen LogP contribution in [0.2, 0.25) is 5.02 Å². The number of carboxylic acids is 1. The maximum absolute atomic E-state index is 13.5. The van der Waals surface area contributed by atoms with Crippen LogP contribution in [0.3, 0.4) is 0 Å². The first-order valence-electron chi connectivity index (χ1n) is 10.8. The highest BCUT2D eigenvalue weighted by molar-refractivity contribution is 6.31. The zero-order chi connectivity index (χ0) is 24.9. The molecule has 0 heterocycles. The molecule has 0 unspecified atom stereocenters. The number of phenols is 1. The van der Waals surface area contributed by atoms with Crippen LogP contribution >= 0.6 is 11.6 Å². The van der Waals surface area contributed by atoms with Gasteiger partial charge >= 0.3 is 5.97 Å². The van der Waals surface area contributed by atoms with Crippen LogP contribution in [0, 0.1) is 5.82 Å². The normalized spacial score (nSPS) is 11.6. The Labute approximate surface area is 206 Å². The SMILES string of the molecule is O=C(N[C@@H](Cc1ccc(-c2ccccc2)cc1)C(=O)O)c1cc(-c2ccc(F)c(Cl)c2)ccc1O. The Morgan fingerprint density at radius 2 is 1.43 bits per heavy atom. The molecule has 5 nitrogen and oxygen atoms in total. The molecule has 35 heavy (non-hydrogen) atoms. The van der Waals surface area contributed by atoms with Gasteiger partial charge in [0.1, 0.15) is 17.6 Å². The van der Waals surface area contributed by atoms with E-state index in [9.17, 15) is 24.2 Å². The molecule has 0 fully saturated rings. The minimum absolute atomic E-state index is 0.0597. The third kappa shape index (κ3) is 5.67. The molecule has 0 bridgehead atoms. The predicted molar refractivity (Wildman–Crippen MR) is 133 cm³/mol. The van der Waals surface area contributed by atoms with E-state index in [1.807, 2.05) is 54.6 Å². The molecular weight excluding hydrogens is 469 g/mol. The molecule has 0 saturated heterocycles. The Bertz CT molecular complexity index is 1370. The number of aliphatic carboxylic acids is 1. The van der Waals surface area contributed by atoms with Crippen molar-refractivity contribution in [3.63, 3.8) is 0 Å². The number of benzene rings is 4. The third-order valence-corrected chi connectivity index (χ3v) is 5.89. The zero-order valence-corrected chi connectivity index (χ0v) is 19.2. The van der Waals surface area contributed by atoms with Crippen molar-refractivity contribution in [3.8, 4) is 28.0 Å². The van der Waals surface area contributed by atoms with Gasteiger partial charge in [0.2, 0.25) is 0 Å². The van der Waals surface area contributed by atoms with Crippen molar-refractivity contribution in [1.29, 1.82) is 0 Å². The van der Waals surface area contributed by atoms with Crippen LogP contribution in [-0.4, -0.2) is 28.1 Å². The van der Waals surface area contributed by atoms with Gasteiger partial charge < -0.3 is 15.5 Å². The number of halogens is 2. The second-order valence-electron chi connectivity index (χ2n) is 7.99. The first kappa shape index (κ1) is 24.0. The summed E-state index contributed by atoms with van der Waals surface area (Å²) >= 11 is 5.85. The van der Waals surface area contributed by atoms with Gasteiger partial charge in [-0.05, 0) is 52.1 Å². The van der Waals surface area contributed by atoms with Crippen molar-refractivity contribution in [3.05, 3.63) is 113 Å². The monoisotopic (exact) mass is 489 g/mol. The van der Waals surface area contributed by atoms with Gasteiger partial charge in [-0.15, -0.1) is 0 Å². The minimum Gasteiger partial charge on any atom is -0.507 e. The summed E-state index contributed by atoms with van der Waals surface area (Å²) in [6.45, 7) is 0. The molecule has 0 aliphatic heterocycles. The molecule has 0 aromatic heterocycles. The second kappa shape index (κ2) is 10.4. The van der Waals surface area contributed by atoms with E-state index in [2.05, 4.69) is 5.32 Å². The van der Waals surface area contributed by atoms with Gasteiger partial charge in [-0.1, -0.05) is 78.3 Å². The highest BCUT2D eigenvalue weighted by Crippen LogP contribution is 2.29. The van der Waals surface area contributed by atoms with Crippen molar-refractivity contribution in [2.75, 3.05) is 0 Å². The molecule has 4 aromatic rings. The van der Waals surface area contributed by atoms with Crippen LogP contribution < -0.4 is 5.32 Å². The highest BCUT2D eigenvalue weighted by Gasteiger charge is 2.23. The van der Waals surface area contributed by atoms with Crippen molar-refractivity contribution < 1.29 is 24.2 Å². The van der Waals surface area contributed by atoms with Crippen molar-refractivity contribution in [1.82, 2.24) is 5.32 Å². The number of nitrogens with one attached hydrogen (secondary N) is 1. The van der Waals surface area contributed by atoms with Crippen LogP contribution in [0.25, 0.3) is 22.3 Å². The maximum atomic E-state index is 13.5. The van der Waals surface area contributed by atoms with E-state index in [-0.39, 0.29) is 22.8 Å². The topological polar surface area (TPSA) is 86.6 Å². The van der Waals surface area contributed by atoms with Crippen LogP contribution in [0.4, 0.5) is 4.39 Å². The molecule has 0 radical (unpaired) electrons. The van der Waals surface area contributed by atoms with E-state index in [4.69, 9.17) is 11.6 Å². The van der Waals surface area contributed by atoms with E-state index in [1.165, 1.54) is 30.3 Å². The van der Waals surface area contributed by atoms with Crippen molar-refractivity contribution in [2.24, 2.45) is 0 Å². The summed E-state index contributed by atoms with van der Waals surface area (Å²) in [5.41, 5.74) is 3.72. The molecule has 0 saturated carbocycles. The Kier molecular flexibility index (Phi) is 7.13. The highest BCUT2D eigenvalue weighted by atomic mass is 35.5. The molecule has 0 aliphatic carbocycles. The van der Waals surface area contributed by atoms with Crippen LogP contribution in [0.15, 0.2) is 91.0 Å². The van der Waals surface area contributed by atoms with Gasteiger partial charge in [0, 0.05) is 6.42 Å². The molecule has 0 aliphatic rings. The van der Waals surface area contributed by atoms with Crippen LogP contribution in [0.5, 0.6) is 5.75 Å².